The maximum Gasteiger partial charge on any atom is 0.311 e. The third kappa shape index (κ3) is 6.10. The lowest BCUT2D eigenvalue weighted by molar-refractivity contribution is -0.142. The largest absolute Gasteiger partial charge is 0.466 e. The number of nitrogens with zero attached hydrogens (tertiary/aromatic N) is 1. The number of aromatic nitrogens is 1. The summed E-state index contributed by atoms with van der Waals surface area (Å²) >= 11 is 2.73. The second-order valence-electron chi connectivity index (χ2n) is 5.63. The lowest BCUT2D eigenvalue weighted by Crippen LogP contribution is -2.33. The molecule has 0 bridgehead atoms. The molecule has 2 atom stereocenters. The summed E-state index contributed by atoms with van der Waals surface area (Å²) in [5.74, 6) is -0.749. The zero-order valence-corrected chi connectivity index (χ0v) is 16.5. The van der Waals surface area contributed by atoms with Gasteiger partial charge in [-0.05, 0) is 38.5 Å². The monoisotopic (exact) mass is 396 g/mol. The molecule has 0 spiro atoms. The van der Waals surface area contributed by atoms with Crippen LogP contribution in [0.1, 0.15) is 38.1 Å². The van der Waals surface area contributed by atoms with Crippen LogP contribution in [0.3, 0.4) is 0 Å². The van der Waals surface area contributed by atoms with Crippen molar-refractivity contribution in [2.75, 3.05) is 6.61 Å². The van der Waals surface area contributed by atoms with E-state index in [4.69, 9.17) is 4.74 Å². The Morgan fingerprint density at radius 1 is 1.31 bits per heavy atom. The number of rotatable bonds is 8. The van der Waals surface area contributed by atoms with Crippen LogP contribution in [-0.4, -0.2) is 28.7 Å². The van der Waals surface area contributed by atoms with Gasteiger partial charge in [-0.2, -0.15) is 0 Å². The van der Waals surface area contributed by atoms with Crippen LogP contribution >= 0.6 is 23.1 Å². The van der Waals surface area contributed by atoms with Crippen molar-refractivity contribution in [3.63, 3.8) is 0 Å². The van der Waals surface area contributed by atoms with Gasteiger partial charge in [0.25, 0.3) is 0 Å². The Morgan fingerprint density at radius 3 is 2.65 bits per heavy atom. The average Bonchev–Trinajstić information content (AvgIpc) is 3.02. The molecule has 0 aliphatic heterocycles. The third-order valence-electron chi connectivity index (χ3n) is 3.54. The number of hydrogen-bond donors (Lipinski definition) is 1. The maximum absolute atomic E-state index is 13.0. The molecule has 0 fully saturated rings. The van der Waals surface area contributed by atoms with Gasteiger partial charge in [0.2, 0.25) is 5.91 Å². The van der Waals surface area contributed by atoms with Crippen molar-refractivity contribution in [3.8, 4) is 0 Å². The third-order valence-corrected chi connectivity index (χ3v) is 5.66. The smallest absolute Gasteiger partial charge is 0.311 e. The molecule has 1 amide bonds. The van der Waals surface area contributed by atoms with Gasteiger partial charge in [-0.3, -0.25) is 9.59 Å². The van der Waals surface area contributed by atoms with Crippen LogP contribution in [0.2, 0.25) is 0 Å². The summed E-state index contributed by atoms with van der Waals surface area (Å²) in [4.78, 5) is 28.2. The first-order valence-corrected chi connectivity index (χ1v) is 9.97. The van der Waals surface area contributed by atoms with Crippen molar-refractivity contribution in [2.24, 2.45) is 0 Å². The number of esters is 1. The molecule has 140 valence electrons. The van der Waals surface area contributed by atoms with Gasteiger partial charge in [0.15, 0.2) is 4.34 Å². The van der Waals surface area contributed by atoms with Crippen molar-refractivity contribution in [1.82, 2.24) is 10.3 Å². The first kappa shape index (κ1) is 20.4. The normalized spacial score (nSPS) is 13.1. The number of ether oxygens (including phenoxy) is 1. The lowest BCUT2D eigenvalue weighted by atomic mass is 10.1. The summed E-state index contributed by atoms with van der Waals surface area (Å²) in [6, 6.07) is 5.83. The van der Waals surface area contributed by atoms with Gasteiger partial charge < -0.3 is 10.1 Å². The van der Waals surface area contributed by atoms with E-state index in [1.165, 1.54) is 35.2 Å². The molecule has 2 rings (SSSR count). The molecule has 0 radical (unpaired) electrons. The fourth-order valence-electron chi connectivity index (χ4n) is 2.15. The molecular formula is C18H21FN2O3S2. The molecule has 1 aromatic carbocycles. The predicted octanol–water partition coefficient (Wildman–Crippen LogP) is 3.75. The van der Waals surface area contributed by atoms with E-state index in [0.717, 1.165) is 9.90 Å². The minimum Gasteiger partial charge on any atom is -0.466 e. The summed E-state index contributed by atoms with van der Waals surface area (Å²) < 4.78 is 18.6. The van der Waals surface area contributed by atoms with E-state index in [-0.39, 0.29) is 35.4 Å². The van der Waals surface area contributed by atoms with Crippen LogP contribution < -0.4 is 5.32 Å². The molecule has 0 aliphatic rings. The molecule has 8 heteroatoms. The summed E-state index contributed by atoms with van der Waals surface area (Å²) in [7, 11) is 0. The molecule has 2 aromatic rings. The number of carbonyl (C=O) groups is 2. The van der Waals surface area contributed by atoms with E-state index >= 15 is 0 Å². The molecule has 1 N–H and O–H groups in total. The van der Waals surface area contributed by atoms with E-state index in [0.29, 0.717) is 12.3 Å². The zero-order valence-electron chi connectivity index (χ0n) is 14.8. The number of hydrogen-bond acceptors (Lipinski definition) is 6. The molecule has 1 heterocycles. The van der Waals surface area contributed by atoms with Crippen LogP contribution in [0.4, 0.5) is 4.39 Å². The molecule has 0 aliphatic carbocycles. The first-order chi connectivity index (χ1) is 12.4. The molecule has 1 aromatic heterocycles. The standard InChI is InChI=1S/C18H21FN2O3S2/c1-4-24-16(22)9-15-10-25-18(21-15)26-12(3)17(23)20-11(2)13-5-7-14(19)8-6-13/h5-8,10-12H,4,9H2,1-3H3,(H,20,23)/t11-,12-/m1/s1. The van der Waals surface area contributed by atoms with Gasteiger partial charge in [-0.1, -0.05) is 23.9 Å². The number of amides is 1. The molecular weight excluding hydrogens is 375 g/mol. The van der Waals surface area contributed by atoms with Gasteiger partial charge in [0, 0.05) is 5.38 Å². The lowest BCUT2D eigenvalue weighted by Gasteiger charge is -2.17. The number of thioether (sulfide) groups is 1. The fraction of sp³-hybridized carbons (Fsp3) is 0.389. The van der Waals surface area contributed by atoms with E-state index in [2.05, 4.69) is 10.3 Å². The highest BCUT2D eigenvalue weighted by atomic mass is 32.2. The zero-order chi connectivity index (χ0) is 19.1. The van der Waals surface area contributed by atoms with Gasteiger partial charge in [-0.15, -0.1) is 11.3 Å². The van der Waals surface area contributed by atoms with Crippen molar-refractivity contribution >= 4 is 35.0 Å². The number of halogens is 1. The van der Waals surface area contributed by atoms with Crippen LogP contribution in [0.5, 0.6) is 0 Å². The van der Waals surface area contributed by atoms with Gasteiger partial charge in [0.05, 0.1) is 30.0 Å². The van der Waals surface area contributed by atoms with Crippen LogP contribution in [-0.2, 0) is 20.7 Å². The van der Waals surface area contributed by atoms with E-state index in [9.17, 15) is 14.0 Å². The highest BCUT2D eigenvalue weighted by Crippen LogP contribution is 2.27. The molecule has 0 unspecified atom stereocenters. The Balaban J connectivity index is 1.87. The first-order valence-electron chi connectivity index (χ1n) is 8.21. The molecule has 0 saturated carbocycles. The number of nitrogens with one attached hydrogen (secondary N) is 1. The minimum absolute atomic E-state index is 0.131. The number of carbonyl (C=O) groups excluding carboxylic acids is 2. The minimum atomic E-state index is -0.348. The molecule has 0 saturated heterocycles. The van der Waals surface area contributed by atoms with Crippen LogP contribution in [0, 0.1) is 5.82 Å². The number of benzene rings is 1. The highest BCUT2D eigenvalue weighted by Gasteiger charge is 2.19. The van der Waals surface area contributed by atoms with Gasteiger partial charge in [0.1, 0.15) is 5.82 Å². The fourth-order valence-corrected chi connectivity index (χ4v) is 4.14. The van der Waals surface area contributed by atoms with E-state index < -0.39 is 0 Å². The Labute approximate surface area is 160 Å². The summed E-state index contributed by atoms with van der Waals surface area (Å²) in [6.45, 7) is 5.74. The molecule has 5 nitrogen and oxygen atoms in total. The summed E-state index contributed by atoms with van der Waals surface area (Å²) in [5, 5.41) is 4.36. The van der Waals surface area contributed by atoms with Crippen molar-refractivity contribution in [3.05, 3.63) is 46.7 Å². The van der Waals surface area contributed by atoms with Crippen molar-refractivity contribution < 1.29 is 18.7 Å². The second-order valence-corrected chi connectivity index (χ2v) is 8.07. The number of thiazole rings is 1. The Hall–Kier alpha value is -1.93. The second kappa shape index (κ2) is 9.68. The van der Waals surface area contributed by atoms with Gasteiger partial charge in [-0.25, -0.2) is 9.37 Å². The maximum atomic E-state index is 13.0. The quantitative estimate of drug-likeness (QED) is 0.544. The summed E-state index contributed by atoms with van der Waals surface area (Å²) in [6.07, 6.45) is 0.132. The Morgan fingerprint density at radius 2 is 2.00 bits per heavy atom. The van der Waals surface area contributed by atoms with Crippen LogP contribution in [0.25, 0.3) is 0 Å². The highest BCUT2D eigenvalue weighted by molar-refractivity contribution is 8.02. The van der Waals surface area contributed by atoms with Crippen molar-refractivity contribution in [2.45, 2.75) is 42.8 Å². The van der Waals surface area contributed by atoms with Crippen molar-refractivity contribution in [1.29, 1.82) is 0 Å². The summed E-state index contributed by atoms with van der Waals surface area (Å²) in [5.41, 5.74) is 1.48. The van der Waals surface area contributed by atoms with Gasteiger partial charge >= 0.3 is 5.97 Å². The average molecular weight is 397 g/mol. The Kier molecular flexibility index (Phi) is 7.59. The Bertz CT molecular complexity index is 749. The molecule has 26 heavy (non-hydrogen) atoms. The van der Waals surface area contributed by atoms with Crippen LogP contribution in [0.15, 0.2) is 34.0 Å². The predicted molar refractivity (Wildman–Crippen MR) is 101 cm³/mol. The topological polar surface area (TPSA) is 68.3 Å². The van der Waals surface area contributed by atoms with E-state index in [1.54, 1.807) is 31.4 Å². The SMILES string of the molecule is CCOC(=O)Cc1csc(S[C@H](C)C(=O)N[C@H](C)c2ccc(F)cc2)n1. The van der Waals surface area contributed by atoms with E-state index in [1.807, 2.05) is 6.92 Å².